The number of rotatable bonds is 6. The quantitative estimate of drug-likeness (QED) is 0.249. The molecule has 0 radical (unpaired) electrons. The lowest BCUT2D eigenvalue weighted by atomic mass is 9.85. The average molecular weight is 552 g/mol. The maximum atomic E-state index is 15.1. The number of alkyl halides is 3. The van der Waals surface area contributed by atoms with Crippen LogP contribution in [0.1, 0.15) is 40.4 Å². The molecule has 5 nitrogen and oxygen atoms in total. The summed E-state index contributed by atoms with van der Waals surface area (Å²) in [5.41, 5.74) is -2.38. The number of ether oxygens (including phenoxy) is 2. The Hall–Kier alpha value is -3.95. The van der Waals surface area contributed by atoms with Gasteiger partial charge in [0, 0.05) is 12.7 Å². The molecule has 1 amide bonds. The summed E-state index contributed by atoms with van der Waals surface area (Å²) >= 11 is 1.26. The van der Waals surface area contributed by atoms with Crippen molar-refractivity contribution < 1.29 is 32.2 Å². The summed E-state index contributed by atoms with van der Waals surface area (Å²) in [5, 5.41) is 3.32. The van der Waals surface area contributed by atoms with Gasteiger partial charge in [0.1, 0.15) is 0 Å². The van der Waals surface area contributed by atoms with Gasteiger partial charge in [-0.25, -0.2) is 4.79 Å². The van der Waals surface area contributed by atoms with Crippen molar-refractivity contribution in [2.75, 3.05) is 7.11 Å². The Bertz CT molecular complexity index is 1420. The van der Waals surface area contributed by atoms with Crippen LogP contribution < -0.4 is 0 Å². The minimum atomic E-state index is -5.16. The molecule has 1 aliphatic heterocycles. The summed E-state index contributed by atoms with van der Waals surface area (Å²) in [4.78, 5) is 29.2. The second kappa shape index (κ2) is 10.7. The van der Waals surface area contributed by atoms with Crippen molar-refractivity contribution in [1.29, 1.82) is 0 Å². The Balaban J connectivity index is 1.79. The Morgan fingerprint density at radius 2 is 1.41 bits per heavy atom. The molecule has 0 saturated carbocycles. The van der Waals surface area contributed by atoms with Crippen molar-refractivity contribution in [2.45, 2.75) is 30.0 Å². The molecule has 2 unspecified atom stereocenters. The predicted octanol–water partition coefficient (Wildman–Crippen LogP) is 6.76. The number of amides is 1. The van der Waals surface area contributed by atoms with Crippen molar-refractivity contribution in [3.8, 4) is 0 Å². The number of esters is 1. The zero-order chi connectivity index (χ0) is 27.6. The van der Waals surface area contributed by atoms with Crippen LogP contribution in [-0.4, -0.2) is 30.1 Å². The summed E-state index contributed by atoms with van der Waals surface area (Å²) in [6, 6.07) is 23.1. The van der Waals surface area contributed by atoms with Crippen molar-refractivity contribution in [3.63, 3.8) is 0 Å². The zero-order valence-electron chi connectivity index (χ0n) is 20.7. The molecular formula is C30H24F3NO4S. The summed E-state index contributed by atoms with van der Waals surface area (Å²) in [6.07, 6.45) is -6.23. The van der Waals surface area contributed by atoms with E-state index in [0.717, 1.165) is 12.0 Å². The van der Waals surface area contributed by atoms with Gasteiger partial charge in [-0.3, -0.25) is 4.79 Å². The van der Waals surface area contributed by atoms with Crippen molar-refractivity contribution in [1.82, 2.24) is 4.90 Å². The van der Waals surface area contributed by atoms with Crippen molar-refractivity contribution >= 4 is 23.2 Å². The first-order valence-electron chi connectivity index (χ1n) is 12.1. The van der Waals surface area contributed by atoms with Crippen LogP contribution in [0.2, 0.25) is 0 Å². The Labute approximate surface area is 227 Å². The van der Waals surface area contributed by atoms with E-state index in [1.165, 1.54) is 35.6 Å². The second-order valence-corrected chi connectivity index (χ2v) is 9.82. The molecule has 200 valence electrons. The number of hydrogen-bond donors (Lipinski definition) is 0. The monoisotopic (exact) mass is 551 g/mol. The van der Waals surface area contributed by atoms with Gasteiger partial charge in [0.05, 0.1) is 6.04 Å². The normalized spacial score (nSPS) is 21.2. The smallest absolute Gasteiger partial charge is 0.430 e. The van der Waals surface area contributed by atoms with Gasteiger partial charge >= 0.3 is 12.1 Å². The zero-order valence-corrected chi connectivity index (χ0v) is 21.6. The third-order valence-corrected chi connectivity index (χ3v) is 7.58. The fourth-order valence-electron chi connectivity index (χ4n) is 5.11. The number of morpholine rings is 1. The molecule has 0 N–H and O–H groups in total. The van der Waals surface area contributed by atoms with Crippen LogP contribution in [0.5, 0.6) is 0 Å². The van der Waals surface area contributed by atoms with E-state index in [-0.39, 0.29) is 0 Å². The number of thiophene rings is 1. The van der Waals surface area contributed by atoms with E-state index in [9.17, 15) is 9.59 Å². The fourth-order valence-corrected chi connectivity index (χ4v) is 5.79. The number of carbonyl (C=O) groups excluding carboxylic acids is 2. The summed E-state index contributed by atoms with van der Waals surface area (Å²) in [5.74, 6) is -2.24. The van der Waals surface area contributed by atoms with E-state index in [2.05, 4.69) is 0 Å². The SMILES string of the molecule is COC(C(=O)N1C(c2ccsc2)C(=O)O[C@H](c2ccccc2)[C@@H]1c1ccccc1)(c1ccccc1)C(F)(F)F. The highest BCUT2D eigenvalue weighted by molar-refractivity contribution is 7.08. The first-order valence-corrected chi connectivity index (χ1v) is 13.1. The van der Waals surface area contributed by atoms with Gasteiger partial charge in [0.2, 0.25) is 0 Å². The summed E-state index contributed by atoms with van der Waals surface area (Å²) in [6.45, 7) is 0. The molecule has 1 saturated heterocycles. The fraction of sp³-hybridized carbons (Fsp3) is 0.200. The second-order valence-electron chi connectivity index (χ2n) is 9.04. The predicted molar refractivity (Wildman–Crippen MR) is 140 cm³/mol. The lowest BCUT2D eigenvalue weighted by Gasteiger charge is -2.48. The highest BCUT2D eigenvalue weighted by Gasteiger charge is 2.66. The third-order valence-electron chi connectivity index (χ3n) is 6.88. The maximum Gasteiger partial charge on any atom is 0.430 e. The molecule has 0 spiro atoms. The van der Waals surface area contributed by atoms with E-state index in [1.807, 2.05) is 0 Å². The van der Waals surface area contributed by atoms with Gasteiger partial charge in [-0.15, -0.1) is 0 Å². The number of methoxy groups -OCH3 is 1. The van der Waals surface area contributed by atoms with Crippen molar-refractivity contribution in [3.05, 3.63) is 130 Å². The molecule has 1 aliphatic rings. The van der Waals surface area contributed by atoms with E-state index < -0.39 is 47.4 Å². The Kier molecular flexibility index (Phi) is 7.29. The Morgan fingerprint density at radius 1 is 0.846 bits per heavy atom. The summed E-state index contributed by atoms with van der Waals surface area (Å²) < 4.78 is 56.4. The first-order chi connectivity index (χ1) is 18.8. The molecule has 4 aromatic rings. The number of nitrogens with zero attached hydrogens (tertiary/aromatic N) is 1. The number of benzene rings is 3. The average Bonchev–Trinajstić information content (AvgIpc) is 3.48. The number of cyclic esters (lactones) is 1. The lowest BCUT2D eigenvalue weighted by Crippen LogP contribution is -2.61. The van der Waals surface area contributed by atoms with Gasteiger partial charge in [-0.05, 0) is 33.5 Å². The molecule has 2 heterocycles. The Morgan fingerprint density at radius 3 is 1.92 bits per heavy atom. The molecule has 0 aliphatic carbocycles. The lowest BCUT2D eigenvalue weighted by molar-refractivity contribution is -0.275. The minimum Gasteiger partial charge on any atom is -0.453 e. The molecule has 0 bridgehead atoms. The van der Waals surface area contributed by atoms with E-state index in [1.54, 1.807) is 83.6 Å². The summed E-state index contributed by atoms with van der Waals surface area (Å²) in [7, 11) is 0.854. The van der Waals surface area contributed by atoms with Gasteiger partial charge in [-0.2, -0.15) is 24.5 Å². The molecular weight excluding hydrogens is 527 g/mol. The van der Waals surface area contributed by atoms with Crippen molar-refractivity contribution in [2.24, 2.45) is 0 Å². The van der Waals surface area contributed by atoms with Crippen LogP contribution in [0.3, 0.4) is 0 Å². The molecule has 1 aromatic heterocycles. The third kappa shape index (κ3) is 4.62. The van der Waals surface area contributed by atoms with Crippen LogP contribution in [-0.2, 0) is 24.7 Å². The van der Waals surface area contributed by atoms with Crippen LogP contribution in [0.4, 0.5) is 13.2 Å². The first kappa shape index (κ1) is 26.6. The van der Waals surface area contributed by atoms with Gasteiger partial charge in [0.15, 0.2) is 12.1 Å². The van der Waals surface area contributed by atoms with E-state index in [4.69, 9.17) is 9.47 Å². The number of halogens is 3. The molecule has 9 heteroatoms. The van der Waals surface area contributed by atoms with Crippen LogP contribution in [0, 0.1) is 0 Å². The number of carbonyl (C=O) groups is 2. The molecule has 4 atom stereocenters. The van der Waals surface area contributed by atoms with Gasteiger partial charge < -0.3 is 14.4 Å². The molecule has 1 fully saturated rings. The van der Waals surface area contributed by atoms with Crippen LogP contribution in [0.15, 0.2) is 108 Å². The van der Waals surface area contributed by atoms with Crippen LogP contribution in [0.25, 0.3) is 0 Å². The highest BCUT2D eigenvalue weighted by Crippen LogP contribution is 2.52. The standard InChI is InChI=1S/C30H24F3NO4S/c1-37-29(30(31,32)33,23-15-9-4-10-16-23)28(36)34-24(20-11-5-2-6-12-20)26(21-13-7-3-8-14-21)38-27(35)25(34)22-17-18-39-19-22/h2-19,24-26H,1H3/t24-,25?,26+,29?/m0/s1. The highest BCUT2D eigenvalue weighted by atomic mass is 32.1. The van der Waals surface area contributed by atoms with Gasteiger partial charge in [-0.1, -0.05) is 91.0 Å². The van der Waals surface area contributed by atoms with E-state index in [0.29, 0.717) is 16.7 Å². The molecule has 3 aromatic carbocycles. The van der Waals surface area contributed by atoms with Crippen LogP contribution >= 0.6 is 11.3 Å². The minimum absolute atomic E-state index is 0.353. The van der Waals surface area contributed by atoms with Gasteiger partial charge in [0.25, 0.3) is 11.5 Å². The number of hydrogen-bond acceptors (Lipinski definition) is 5. The maximum absolute atomic E-state index is 15.1. The molecule has 39 heavy (non-hydrogen) atoms. The topological polar surface area (TPSA) is 55.8 Å². The van der Waals surface area contributed by atoms with E-state index >= 15 is 13.2 Å². The molecule has 5 rings (SSSR count). The largest absolute Gasteiger partial charge is 0.453 e.